The van der Waals surface area contributed by atoms with Crippen LogP contribution in [-0.2, 0) is 0 Å². The minimum absolute atomic E-state index is 0.214. The van der Waals surface area contributed by atoms with E-state index in [2.05, 4.69) is 26.2 Å². The van der Waals surface area contributed by atoms with Crippen molar-refractivity contribution in [1.82, 2.24) is 4.98 Å². The van der Waals surface area contributed by atoms with Crippen molar-refractivity contribution in [3.63, 3.8) is 0 Å². The Hall–Kier alpha value is -1.10. The molecular formula is C9H9BrN2O2. The Bertz CT molecular complexity index is 377. The standard InChI is InChI=1S/C9H9BrN2O2/c10-5-3-7(9(13)14)8(11-4-5)12-6-1-2-6/h3-4,6H,1-2H2,(H,11,12)(H,13,14). The number of halogens is 1. The maximum atomic E-state index is 10.9. The third-order valence-corrected chi connectivity index (χ3v) is 2.44. The van der Waals surface area contributed by atoms with Gasteiger partial charge < -0.3 is 10.4 Å². The number of hydrogen-bond acceptors (Lipinski definition) is 3. The van der Waals surface area contributed by atoms with Crippen molar-refractivity contribution in [3.05, 3.63) is 22.3 Å². The number of aromatic nitrogens is 1. The number of carbonyl (C=O) groups is 1. The summed E-state index contributed by atoms with van der Waals surface area (Å²) in [6.45, 7) is 0. The molecule has 4 nitrogen and oxygen atoms in total. The van der Waals surface area contributed by atoms with Gasteiger partial charge in [-0.25, -0.2) is 9.78 Å². The summed E-state index contributed by atoms with van der Waals surface area (Å²) in [5.74, 6) is -0.495. The third kappa shape index (κ3) is 2.04. The molecule has 0 atom stereocenters. The van der Waals surface area contributed by atoms with Crippen LogP contribution >= 0.6 is 15.9 Å². The highest BCUT2D eigenvalue weighted by atomic mass is 79.9. The number of carboxylic acids is 1. The molecule has 2 rings (SSSR count). The zero-order chi connectivity index (χ0) is 10.1. The zero-order valence-electron chi connectivity index (χ0n) is 7.33. The van der Waals surface area contributed by atoms with E-state index < -0.39 is 5.97 Å². The van der Waals surface area contributed by atoms with Gasteiger partial charge in [0.1, 0.15) is 11.4 Å². The molecule has 14 heavy (non-hydrogen) atoms. The molecule has 0 amide bonds. The highest BCUT2D eigenvalue weighted by Gasteiger charge is 2.23. The van der Waals surface area contributed by atoms with Crippen LogP contribution in [0.3, 0.4) is 0 Å². The summed E-state index contributed by atoms with van der Waals surface area (Å²) in [6, 6.07) is 1.96. The molecule has 2 N–H and O–H groups in total. The Morgan fingerprint density at radius 3 is 2.93 bits per heavy atom. The molecule has 1 aromatic rings. The van der Waals surface area contributed by atoms with E-state index in [9.17, 15) is 4.79 Å². The number of nitrogens with zero attached hydrogens (tertiary/aromatic N) is 1. The monoisotopic (exact) mass is 256 g/mol. The number of rotatable bonds is 3. The van der Waals surface area contributed by atoms with Crippen LogP contribution in [0.25, 0.3) is 0 Å². The number of carboxylic acid groups (broad SMARTS) is 1. The van der Waals surface area contributed by atoms with Gasteiger partial charge in [0.2, 0.25) is 0 Å². The lowest BCUT2D eigenvalue weighted by Crippen LogP contribution is -2.09. The van der Waals surface area contributed by atoms with Crippen LogP contribution in [0.2, 0.25) is 0 Å². The molecule has 1 heterocycles. The lowest BCUT2D eigenvalue weighted by Gasteiger charge is -2.06. The number of pyridine rings is 1. The van der Waals surface area contributed by atoms with Crippen molar-refractivity contribution >= 4 is 27.7 Å². The first kappa shape index (κ1) is 9.45. The summed E-state index contributed by atoms with van der Waals surface area (Å²) >= 11 is 3.19. The summed E-state index contributed by atoms with van der Waals surface area (Å²) in [7, 11) is 0. The average molecular weight is 257 g/mol. The fourth-order valence-electron chi connectivity index (χ4n) is 1.14. The van der Waals surface area contributed by atoms with E-state index in [0.29, 0.717) is 16.3 Å². The average Bonchev–Trinajstić information content (AvgIpc) is 2.91. The van der Waals surface area contributed by atoms with Gasteiger partial charge in [0.25, 0.3) is 0 Å². The van der Waals surface area contributed by atoms with Crippen LogP contribution < -0.4 is 5.32 Å². The zero-order valence-corrected chi connectivity index (χ0v) is 8.91. The highest BCUT2D eigenvalue weighted by molar-refractivity contribution is 9.10. The Morgan fingerprint density at radius 1 is 1.64 bits per heavy atom. The van der Waals surface area contributed by atoms with Crippen molar-refractivity contribution in [1.29, 1.82) is 0 Å². The quantitative estimate of drug-likeness (QED) is 0.870. The summed E-state index contributed by atoms with van der Waals surface area (Å²) in [6.07, 6.45) is 3.78. The first-order valence-electron chi connectivity index (χ1n) is 4.32. The fraction of sp³-hybridized carbons (Fsp3) is 0.333. The van der Waals surface area contributed by atoms with Crippen molar-refractivity contribution in [2.24, 2.45) is 0 Å². The first-order chi connectivity index (χ1) is 6.66. The van der Waals surface area contributed by atoms with Gasteiger partial charge in [-0.15, -0.1) is 0 Å². The maximum absolute atomic E-state index is 10.9. The van der Waals surface area contributed by atoms with Gasteiger partial charge in [0.05, 0.1) is 0 Å². The second kappa shape index (κ2) is 3.57. The van der Waals surface area contributed by atoms with E-state index >= 15 is 0 Å². The number of nitrogens with one attached hydrogen (secondary N) is 1. The van der Waals surface area contributed by atoms with Crippen molar-refractivity contribution in [2.45, 2.75) is 18.9 Å². The summed E-state index contributed by atoms with van der Waals surface area (Å²) in [5, 5.41) is 12.0. The Labute approximate surface area is 89.5 Å². The smallest absolute Gasteiger partial charge is 0.339 e. The van der Waals surface area contributed by atoms with Crippen molar-refractivity contribution < 1.29 is 9.90 Å². The molecule has 74 valence electrons. The summed E-state index contributed by atoms with van der Waals surface area (Å²) < 4.78 is 0.677. The highest BCUT2D eigenvalue weighted by Crippen LogP contribution is 2.26. The molecule has 1 aliphatic carbocycles. The van der Waals surface area contributed by atoms with Gasteiger partial charge in [-0.05, 0) is 34.8 Å². The molecule has 0 spiro atoms. The van der Waals surface area contributed by atoms with Crippen LogP contribution in [0.1, 0.15) is 23.2 Å². The van der Waals surface area contributed by atoms with Gasteiger partial charge in [-0.3, -0.25) is 0 Å². The summed E-state index contributed by atoms with van der Waals surface area (Å²) in [4.78, 5) is 14.9. The molecule has 1 aliphatic rings. The molecule has 5 heteroatoms. The van der Waals surface area contributed by atoms with Crippen LogP contribution in [-0.4, -0.2) is 22.1 Å². The number of hydrogen-bond donors (Lipinski definition) is 2. The minimum atomic E-state index is -0.957. The Morgan fingerprint density at radius 2 is 2.36 bits per heavy atom. The van der Waals surface area contributed by atoms with Crippen LogP contribution in [0, 0.1) is 0 Å². The number of anilines is 1. The maximum Gasteiger partial charge on any atom is 0.339 e. The van der Waals surface area contributed by atoms with Gasteiger partial charge in [0.15, 0.2) is 0 Å². The normalized spacial score (nSPS) is 15.2. The molecule has 0 bridgehead atoms. The third-order valence-electron chi connectivity index (χ3n) is 2.00. The molecule has 1 saturated carbocycles. The molecule has 0 aliphatic heterocycles. The van der Waals surface area contributed by atoms with E-state index in [1.807, 2.05) is 0 Å². The van der Waals surface area contributed by atoms with E-state index in [0.717, 1.165) is 12.8 Å². The lowest BCUT2D eigenvalue weighted by molar-refractivity contribution is 0.0697. The van der Waals surface area contributed by atoms with E-state index in [1.54, 1.807) is 12.3 Å². The molecule has 0 saturated heterocycles. The molecule has 1 aromatic heterocycles. The van der Waals surface area contributed by atoms with Crippen LogP contribution in [0.5, 0.6) is 0 Å². The SMILES string of the molecule is O=C(O)c1cc(Br)cnc1NC1CC1. The van der Waals surface area contributed by atoms with Gasteiger partial charge in [-0.1, -0.05) is 0 Å². The van der Waals surface area contributed by atoms with E-state index in [4.69, 9.17) is 5.11 Å². The molecular weight excluding hydrogens is 248 g/mol. The van der Waals surface area contributed by atoms with E-state index in [1.165, 1.54) is 0 Å². The number of aromatic carboxylic acids is 1. The predicted molar refractivity (Wildman–Crippen MR) is 55.5 cm³/mol. The van der Waals surface area contributed by atoms with Crippen molar-refractivity contribution in [3.8, 4) is 0 Å². The van der Waals surface area contributed by atoms with Gasteiger partial charge >= 0.3 is 5.97 Å². The van der Waals surface area contributed by atoms with Crippen LogP contribution in [0.15, 0.2) is 16.7 Å². The van der Waals surface area contributed by atoms with Crippen LogP contribution in [0.4, 0.5) is 5.82 Å². The van der Waals surface area contributed by atoms with Gasteiger partial charge in [-0.2, -0.15) is 0 Å². The largest absolute Gasteiger partial charge is 0.478 e. The predicted octanol–water partition coefficient (Wildman–Crippen LogP) is 2.12. The second-order valence-electron chi connectivity index (χ2n) is 3.27. The molecule has 1 fully saturated rings. The van der Waals surface area contributed by atoms with Crippen molar-refractivity contribution in [2.75, 3.05) is 5.32 Å². The summed E-state index contributed by atoms with van der Waals surface area (Å²) in [5.41, 5.74) is 0.214. The molecule has 0 aromatic carbocycles. The lowest BCUT2D eigenvalue weighted by atomic mass is 10.2. The fourth-order valence-corrected chi connectivity index (χ4v) is 1.47. The Kier molecular flexibility index (Phi) is 2.41. The first-order valence-corrected chi connectivity index (χ1v) is 5.11. The molecule has 0 unspecified atom stereocenters. The van der Waals surface area contributed by atoms with E-state index in [-0.39, 0.29) is 5.56 Å². The minimum Gasteiger partial charge on any atom is -0.478 e. The molecule has 0 radical (unpaired) electrons. The topological polar surface area (TPSA) is 62.2 Å². The Balaban J connectivity index is 2.31. The van der Waals surface area contributed by atoms with Gasteiger partial charge in [0, 0.05) is 16.7 Å². The second-order valence-corrected chi connectivity index (χ2v) is 4.19.